The second-order valence-electron chi connectivity index (χ2n) is 8.95. The van der Waals surface area contributed by atoms with E-state index in [0.29, 0.717) is 5.75 Å². The molecule has 1 saturated heterocycles. The average molecular weight is 573 g/mol. The molecule has 0 aliphatic carbocycles. The van der Waals surface area contributed by atoms with E-state index in [1.54, 1.807) is 0 Å². The summed E-state index contributed by atoms with van der Waals surface area (Å²) >= 11 is 6.02. The lowest BCUT2D eigenvalue weighted by molar-refractivity contribution is -0.140. The molecule has 1 atom stereocenters. The van der Waals surface area contributed by atoms with Gasteiger partial charge >= 0.3 is 6.18 Å². The molecule has 3 aromatic rings. The van der Waals surface area contributed by atoms with Crippen LogP contribution in [0.5, 0.6) is 5.75 Å². The number of nitrogens with one attached hydrogen (secondary N) is 2. The van der Waals surface area contributed by atoms with E-state index in [0.717, 1.165) is 36.5 Å². The van der Waals surface area contributed by atoms with Crippen LogP contribution in [-0.2, 0) is 16.6 Å². The number of aromatic nitrogens is 3. The van der Waals surface area contributed by atoms with Crippen LogP contribution in [0.3, 0.4) is 0 Å². The number of carbonyl (C=O) groups excluding carboxylic acids is 1. The predicted molar refractivity (Wildman–Crippen MR) is 136 cm³/mol. The molecule has 1 amide bonds. The second-order valence-corrected chi connectivity index (χ2v) is 11.1. The van der Waals surface area contributed by atoms with Gasteiger partial charge in [0.05, 0.1) is 35.6 Å². The number of nitrogens with zero attached hydrogens (tertiary/aromatic N) is 4. The maximum Gasteiger partial charge on any atom is 0.406 e. The molecule has 38 heavy (non-hydrogen) atoms. The van der Waals surface area contributed by atoms with Gasteiger partial charge in [-0.3, -0.25) is 9.52 Å². The molecule has 0 spiro atoms. The van der Waals surface area contributed by atoms with E-state index in [-0.39, 0.29) is 39.6 Å². The SMILES string of the molecule is CN1CCC(Oc2cnc(-c3cc(C(=O)Nc4cc(Cl)cc(NS(C)(=O)=O)c4)cn3CC(F)(F)F)nc2)C1. The van der Waals surface area contributed by atoms with E-state index in [1.807, 2.05) is 7.05 Å². The van der Waals surface area contributed by atoms with E-state index in [4.69, 9.17) is 16.3 Å². The minimum absolute atomic E-state index is 0.0217. The first-order valence-corrected chi connectivity index (χ1v) is 13.6. The molecule has 1 aliphatic rings. The van der Waals surface area contributed by atoms with Gasteiger partial charge < -0.3 is 19.5 Å². The molecule has 1 fully saturated rings. The Morgan fingerprint density at radius 2 is 1.87 bits per heavy atom. The molecule has 1 unspecified atom stereocenters. The Hall–Kier alpha value is -3.36. The molecular formula is C23H24ClF3N6O4S. The highest BCUT2D eigenvalue weighted by molar-refractivity contribution is 7.92. The van der Waals surface area contributed by atoms with Crippen LogP contribution in [0.1, 0.15) is 16.8 Å². The van der Waals surface area contributed by atoms with Gasteiger partial charge in [0.15, 0.2) is 11.6 Å². The summed E-state index contributed by atoms with van der Waals surface area (Å²) in [6, 6.07) is 5.27. The van der Waals surface area contributed by atoms with Crippen molar-refractivity contribution in [3.05, 3.63) is 53.4 Å². The molecule has 3 heterocycles. The maximum absolute atomic E-state index is 13.3. The fourth-order valence-electron chi connectivity index (χ4n) is 3.98. The van der Waals surface area contributed by atoms with Crippen molar-refractivity contribution >= 4 is 38.9 Å². The molecule has 0 bridgehead atoms. The average Bonchev–Trinajstić information content (AvgIpc) is 3.37. The molecule has 10 nitrogen and oxygen atoms in total. The highest BCUT2D eigenvalue weighted by Crippen LogP contribution is 2.28. The number of hydrogen-bond donors (Lipinski definition) is 2. The molecule has 15 heteroatoms. The van der Waals surface area contributed by atoms with Gasteiger partial charge in [0.2, 0.25) is 10.0 Å². The summed E-state index contributed by atoms with van der Waals surface area (Å²) in [5, 5.41) is 2.64. The zero-order valence-corrected chi connectivity index (χ0v) is 21.9. The van der Waals surface area contributed by atoms with Gasteiger partial charge in [0.25, 0.3) is 5.91 Å². The van der Waals surface area contributed by atoms with E-state index >= 15 is 0 Å². The van der Waals surface area contributed by atoms with E-state index in [1.165, 1.54) is 36.7 Å². The highest BCUT2D eigenvalue weighted by Gasteiger charge is 2.30. The van der Waals surface area contributed by atoms with Gasteiger partial charge in [-0.2, -0.15) is 13.2 Å². The van der Waals surface area contributed by atoms with Crippen molar-refractivity contribution in [2.24, 2.45) is 0 Å². The summed E-state index contributed by atoms with van der Waals surface area (Å²) in [7, 11) is -1.63. The van der Waals surface area contributed by atoms with Crippen LogP contribution in [0.15, 0.2) is 42.9 Å². The Kier molecular flexibility index (Phi) is 7.85. The fourth-order valence-corrected chi connectivity index (χ4v) is 4.76. The first kappa shape index (κ1) is 27.7. The largest absolute Gasteiger partial charge is 0.486 e. The minimum atomic E-state index is -4.57. The summed E-state index contributed by atoms with van der Waals surface area (Å²) in [5.41, 5.74) is 0.115. The number of halogens is 4. The van der Waals surface area contributed by atoms with Crippen LogP contribution < -0.4 is 14.8 Å². The quantitative estimate of drug-likeness (QED) is 0.421. The first-order chi connectivity index (χ1) is 17.7. The lowest BCUT2D eigenvalue weighted by Crippen LogP contribution is -2.21. The van der Waals surface area contributed by atoms with E-state index < -0.39 is 28.7 Å². The molecule has 204 valence electrons. The third kappa shape index (κ3) is 7.58. The Labute approximate surface area is 221 Å². The number of likely N-dealkylation sites (N-methyl/N-ethyl adjacent to an activating group) is 1. The molecule has 0 saturated carbocycles. The van der Waals surface area contributed by atoms with Crippen molar-refractivity contribution in [1.82, 2.24) is 19.4 Å². The normalized spacial score (nSPS) is 16.4. The van der Waals surface area contributed by atoms with Gasteiger partial charge in [-0.05, 0) is 37.7 Å². The number of carbonyl (C=O) groups is 1. The minimum Gasteiger partial charge on any atom is -0.486 e. The number of anilines is 2. The molecule has 2 N–H and O–H groups in total. The predicted octanol–water partition coefficient (Wildman–Crippen LogP) is 3.87. The van der Waals surface area contributed by atoms with Crippen LogP contribution in [0.2, 0.25) is 5.02 Å². The molecular weight excluding hydrogens is 549 g/mol. The van der Waals surface area contributed by atoms with Crippen LogP contribution in [0.4, 0.5) is 24.5 Å². The van der Waals surface area contributed by atoms with Crippen LogP contribution in [0.25, 0.3) is 11.5 Å². The molecule has 2 aromatic heterocycles. The lowest BCUT2D eigenvalue weighted by atomic mass is 10.2. The number of benzene rings is 1. The van der Waals surface area contributed by atoms with Gasteiger partial charge in [0.1, 0.15) is 12.6 Å². The van der Waals surface area contributed by atoms with Crippen molar-refractivity contribution in [3.8, 4) is 17.3 Å². The van der Waals surface area contributed by atoms with Crippen molar-refractivity contribution in [3.63, 3.8) is 0 Å². The number of amides is 1. The maximum atomic E-state index is 13.3. The zero-order valence-electron chi connectivity index (χ0n) is 20.3. The van der Waals surface area contributed by atoms with Crippen LogP contribution in [-0.4, -0.2) is 72.4 Å². The van der Waals surface area contributed by atoms with Gasteiger partial charge in [-0.25, -0.2) is 18.4 Å². The third-order valence-corrected chi connectivity index (χ3v) is 6.30. The Balaban J connectivity index is 1.57. The molecule has 0 radical (unpaired) electrons. The van der Waals surface area contributed by atoms with Crippen molar-refractivity contribution in [2.45, 2.75) is 25.2 Å². The van der Waals surface area contributed by atoms with Crippen molar-refractivity contribution in [2.75, 3.05) is 36.4 Å². The third-order valence-electron chi connectivity index (χ3n) is 5.48. The van der Waals surface area contributed by atoms with Crippen LogP contribution >= 0.6 is 11.6 Å². The van der Waals surface area contributed by atoms with E-state index in [9.17, 15) is 26.4 Å². The van der Waals surface area contributed by atoms with Gasteiger partial charge in [-0.15, -0.1) is 0 Å². The summed E-state index contributed by atoms with van der Waals surface area (Å²) < 4.78 is 71.8. The smallest absolute Gasteiger partial charge is 0.406 e. The Morgan fingerprint density at radius 3 is 2.47 bits per heavy atom. The Morgan fingerprint density at radius 1 is 1.18 bits per heavy atom. The Bertz CT molecular complexity index is 1430. The number of ether oxygens (including phenoxy) is 1. The van der Waals surface area contributed by atoms with Gasteiger partial charge in [0, 0.05) is 30.0 Å². The highest BCUT2D eigenvalue weighted by atomic mass is 35.5. The summed E-state index contributed by atoms with van der Waals surface area (Å²) in [6.45, 7) is 0.266. The first-order valence-electron chi connectivity index (χ1n) is 11.3. The van der Waals surface area contributed by atoms with Crippen molar-refractivity contribution < 1.29 is 31.1 Å². The van der Waals surface area contributed by atoms with Crippen LogP contribution in [0, 0.1) is 0 Å². The lowest BCUT2D eigenvalue weighted by Gasteiger charge is -2.14. The van der Waals surface area contributed by atoms with Gasteiger partial charge in [-0.1, -0.05) is 11.6 Å². The molecule has 4 rings (SSSR count). The molecule has 1 aromatic carbocycles. The molecule has 1 aliphatic heterocycles. The standard InChI is InChI=1S/C23H24ClF3N6O4S/c1-32-4-3-18(12-32)37-19-9-28-21(29-10-19)20-5-14(11-33(20)13-23(25,26)27)22(34)30-16-6-15(24)7-17(8-16)31-38(2,35)36/h5-11,18,31H,3-4,12-13H2,1-2H3,(H,30,34). The fraction of sp³-hybridized carbons (Fsp3) is 0.348. The van der Waals surface area contributed by atoms with Crippen molar-refractivity contribution in [1.29, 1.82) is 0 Å². The summed E-state index contributed by atoms with van der Waals surface area (Å²) in [6.07, 6.45) is 0.993. The summed E-state index contributed by atoms with van der Waals surface area (Å²) in [5.74, 6) is -0.378. The number of alkyl halides is 3. The number of likely N-dealkylation sites (tertiary alicyclic amines) is 1. The second kappa shape index (κ2) is 10.8. The number of sulfonamides is 1. The number of rotatable bonds is 8. The topological polar surface area (TPSA) is 118 Å². The van der Waals surface area contributed by atoms with E-state index in [2.05, 4.69) is 24.9 Å². The summed E-state index contributed by atoms with van der Waals surface area (Å²) in [4.78, 5) is 23.3. The number of hydrogen-bond acceptors (Lipinski definition) is 7. The zero-order chi connectivity index (χ0) is 27.7. The monoisotopic (exact) mass is 572 g/mol.